The highest BCUT2D eigenvalue weighted by Crippen LogP contribution is 2.29. The van der Waals surface area contributed by atoms with Crippen molar-refractivity contribution >= 4 is 35.3 Å². The molecule has 2 fully saturated rings. The highest BCUT2D eigenvalue weighted by Gasteiger charge is 2.35. The Morgan fingerprint density at radius 3 is 2.37 bits per heavy atom. The SMILES string of the molecule is CCOC(=O)c1c(C)nc(Nc2cnn(C)c2)nc1NC1CCC(N2CCN(C(=O)CC(C)(C)C(=O)O)CC2)CC1. The molecule has 2 aliphatic rings. The van der Waals surface area contributed by atoms with Gasteiger partial charge in [0.1, 0.15) is 11.4 Å². The van der Waals surface area contributed by atoms with E-state index < -0.39 is 17.4 Å². The van der Waals surface area contributed by atoms with Crippen LogP contribution in [0.4, 0.5) is 17.5 Å². The summed E-state index contributed by atoms with van der Waals surface area (Å²) < 4.78 is 6.98. The van der Waals surface area contributed by atoms with Gasteiger partial charge in [-0.1, -0.05) is 0 Å². The number of aliphatic carboxylic acids is 1. The average Bonchev–Trinajstić information content (AvgIpc) is 3.33. The van der Waals surface area contributed by atoms with Crippen molar-refractivity contribution in [2.45, 2.75) is 71.9 Å². The number of esters is 1. The number of carbonyl (C=O) groups excluding carboxylic acids is 2. The number of aromatic nitrogens is 4. The van der Waals surface area contributed by atoms with Gasteiger partial charge < -0.3 is 25.4 Å². The van der Waals surface area contributed by atoms with Gasteiger partial charge in [-0.3, -0.25) is 19.2 Å². The third kappa shape index (κ3) is 7.51. The van der Waals surface area contributed by atoms with E-state index >= 15 is 0 Å². The topological polar surface area (TPSA) is 155 Å². The first-order chi connectivity index (χ1) is 19.5. The Kier molecular flexibility index (Phi) is 9.46. The van der Waals surface area contributed by atoms with Crippen LogP contribution in [0.2, 0.25) is 0 Å². The number of amides is 1. The minimum absolute atomic E-state index is 0.00882. The Morgan fingerprint density at radius 2 is 1.78 bits per heavy atom. The van der Waals surface area contributed by atoms with Crippen LogP contribution in [0.15, 0.2) is 12.4 Å². The summed E-state index contributed by atoms with van der Waals surface area (Å²) in [6.07, 6.45) is 7.29. The van der Waals surface area contributed by atoms with Crippen molar-refractivity contribution in [2.24, 2.45) is 12.5 Å². The van der Waals surface area contributed by atoms with Crippen molar-refractivity contribution in [1.82, 2.24) is 29.5 Å². The molecule has 0 unspecified atom stereocenters. The summed E-state index contributed by atoms with van der Waals surface area (Å²) in [5.74, 6) is -0.670. The quantitative estimate of drug-likeness (QED) is 0.361. The lowest BCUT2D eigenvalue weighted by molar-refractivity contribution is -0.152. The largest absolute Gasteiger partial charge is 0.481 e. The third-order valence-corrected chi connectivity index (χ3v) is 7.92. The number of nitrogens with zero attached hydrogens (tertiary/aromatic N) is 6. The summed E-state index contributed by atoms with van der Waals surface area (Å²) in [4.78, 5) is 50.3. The van der Waals surface area contributed by atoms with Crippen molar-refractivity contribution in [3.8, 4) is 0 Å². The number of rotatable bonds is 10. The van der Waals surface area contributed by atoms with Crippen molar-refractivity contribution in [3.63, 3.8) is 0 Å². The average molecular weight is 571 g/mol. The smallest absolute Gasteiger partial charge is 0.343 e. The van der Waals surface area contributed by atoms with Gasteiger partial charge in [-0.15, -0.1) is 0 Å². The van der Waals surface area contributed by atoms with E-state index in [1.54, 1.807) is 43.5 Å². The molecule has 2 aromatic heterocycles. The van der Waals surface area contributed by atoms with Gasteiger partial charge in [0.05, 0.1) is 29.6 Å². The fraction of sp³-hybridized carbons (Fsp3) is 0.643. The lowest BCUT2D eigenvalue weighted by Gasteiger charge is -2.42. The van der Waals surface area contributed by atoms with E-state index in [-0.39, 0.29) is 25.0 Å². The molecule has 0 aromatic carbocycles. The molecule has 1 amide bonds. The number of ether oxygens (including phenoxy) is 1. The molecular formula is C28H42N8O5. The lowest BCUT2D eigenvalue weighted by atomic mass is 9.88. The van der Waals surface area contributed by atoms with Gasteiger partial charge >= 0.3 is 11.9 Å². The third-order valence-electron chi connectivity index (χ3n) is 7.92. The van der Waals surface area contributed by atoms with Gasteiger partial charge in [0.2, 0.25) is 11.9 Å². The van der Waals surface area contributed by atoms with Gasteiger partial charge in [-0.05, 0) is 53.4 Å². The molecule has 13 nitrogen and oxygen atoms in total. The molecule has 41 heavy (non-hydrogen) atoms. The Labute approximate surface area is 240 Å². The molecule has 4 rings (SSSR count). The predicted octanol–water partition coefficient (Wildman–Crippen LogP) is 2.81. The fourth-order valence-electron chi connectivity index (χ4n) is 5.48. The molecular weight excluding hydrogens is 528 g/mol. The molecule has 0 radical (unpaired) electrons. The molecule has 1 saturated heterocycles. The molecule has 224 valence electrons. The van der Waals surface area contributed by atoms with Crippen LogP contribution in [0.25, 0.3) is 0 Å². The van der Waals surface area contributed by atoms with Gasteiger partial charge in [-0.2, -0.15) is 10.1 Å². The molecule has 1 aliphatic carbocycles. The fourth-order valence-corrected chi connectivity index (χ4v) is 5.48. The standard InChI is InChI=1S/C28H42N8O5/c1-6-41-25(38)23-18(2)30-27(32-20-16-29-34(5)17-20)33-24(23)31-19-7-9-21(10-8-19)35-11-13-36(14-12-35)22(37)15-28(3,4)26(39)40/h16-17,19,21H,6-15H2,1-5H3,(H,39,40)(H2,30,31,32,33). The predicted molar refractivity (Wildman–Crippen MR) is 153 cm³/mol. The molecule has 13 heteroatoms. The molecule has 1 saturated carbocycles. The summed E-state index contributed by atoms with van der Waals surface area (Å²) in [5.41, 5.74) is 0.553. The maximum Gasteiger partial charge on any atom is 0.343 e. The Hall–Kier alpha value is -3.74. The number of carboxylic acid groups (broad SMARTS) is 1. The van der Waals surface area contributed by atoms with Gasteiger partial charge in [0.25, 0.3) is 0 Å². The van der Waals surface area contributed by atoms with Crippen molar-refractivity contribution in [1.29, 1.82) is 0 Å². The highest BCUT2D eigenvalue weighted by molar-refractivity contribution is 5.96. The van der Waals surface area contributed by atoms with Gasteiger partial charge in [-0.25, -0.2) is 9.78 Å². The number of hydrogen-bond acceptors (Lipinski definition) is 10. The van der Waals surface area contributed by atoms with Crippen LogP contribution in [-0.4, -0.2) is 97.4 Å². The summed E-state index contributed by atoms with van der Waals surface area (Å²) in [6, 6.07) is 0.557. The minimum atomic E-state index is -1.06. The zero-order chi connectivity index (χ0) is 29.7. The molecule has 0 atom stereocenters. The Bertz CT molecular complexity index is 1250. The molecule has 3 heterocycles. The first kappa shape index (κ1) is 30.2. The van der Waals surface area contributed by atoms with Crippen LogP contribution in [0, 0.1) is 12.3 Å². The molecule has 1 aliphatic heterocycles. The number of hydrogen-bond donors (Lipinski definition) is 3. The van der Waals surface area contributed by atoms with Crippen LogP contribution in [0.1, 0.15) is 68.9 Å². The molecule has 0 spiro atoms. The number of piperazine rings is 1. The zero-order valence-electron chi connectivity index (χ0n) is 24.6. The first-order valence-corrected chi connectivity index (χ1v) is 14.3. The summed E-state index contributed by atoms with van der Waals surface area (Å²) >= 11 is 0. The van der Waals surface area contributed by atoms with E-state index in [0.717, 1.165) is 44.5 Å². The maximum atomic E-state index is 12.8. The number of carboxylic acids is 1. The number of nitrogens with one attached hydrogen (secondary N) is 2. The minimum Gasteiger partial charge on any atom is -0.481 e. The second kappa shape index (κ2) is 12.8. The lowest BCUT2D eigenvalue weighted by Crippen LogP contribution is -2.53. The monoisotopic (exact) mass is 570 g/mol. The van der Waals surface area contributed by atoms with Crippen molar-refractivity contribution in [2.75, 3.05) is 43.4 Å². The number of anilines is 3. The highest BCUT2D eigenvalue weighted by atomic mass is 16.5. The Morgan fingerprint density at radius 1 is 1.10 bits per heavy atom. The van der Waals surface area contributed by atoms with E-state index in [0.29, 0.717) is 42.2 Å². The van der Waals surface area contributed by atoms with Crippen LogP contribution >= 0.6 is 0 Å². The van der Waals surface area contributed by atoms with E-state index in [9.17, 15) is 19.5 Å². The van der Waals surface area contributed by atoms with Crippen molar-refractivity contribution < 1.29 is 24.2 Å². The van der Waals surface area contributed by atoms with E-state index in [2.05, 4.69) is 30.6 Å². The van der Waals surface area contributed by atoms with Crippen LogP contribution < -0.4 is 10.6 Å². The summed E-state index contributed by atoms with van der Waals surface area (Å²) in [5, 5.41) is 20.2. The van der Waals surface area contributed by atoms with Gasteiger partial charge in [0.15, 0.2) is 0 Å². The zero-order valence-corrected chi connectivity index (χ0v) is 24.6. The first-order valence-electron chi connectivity index (χ1n) is 14.3. The summed E-state index contributed by atoms with van der Waals surface area (Å²) in [6.45, 7) is 9.77. The number of aryl methyl sites for hydroxylation is 2. The Balaban J connectivity index is 1.35. The summed E-state index contributed by atoms with van der Waals surface area (Å²) in [7, 11) is 1.83. The van der Waals surface area contributed by atoms with E-state index in [4.69, 9.17) is 4.74 Å². The van der Waals surface area contributed by atoms with E-state index in [1.807, 2.05) is 13.2 Å². The molecule has 0 bridgehead atoms. The van der Waals surface area contributed by atoms with Crippen molar-refractivity contribution in [3.05, 3.63) is 23.7 Å². The second-order valence-corrected chi connectivity index (χ2v) is 11.5. The number of carbonyl (C=O) groups is 3. The van der Waals surface area contributed by atoms with E-state index in [1.165, 1.54) is 0 Å². The molecule has 2 aromatic rings. The normalized spacial score (nSPS) is 20.0. The maximum absolute atomic E-state index is 12.8. The van der Waals surface area contributed by atoms with Crippen LogP contribution in [-0.2, 0) is 21.4 Å². The second-order valence-electron chi connectivity index (χ2n) is 11.5. The van der Waals surface area contributed by atoms with Crippen LogP contribution in [0.3, 0.4) is 0 Å². The van der Waals surface area contributed by atoms with Gasteiger partial charge in [0, 0.05) is 57.9 Å². The van der Waals surface area contributed by atoms with Crippen LogP contribution in [0.5, 0.6) is 0 Å². The molecule has 3 N–H and O–H groups in total.